The molecule has 1 heterocycles. The van der Waals surface area contributed by atoms with Gasteiger partial charge in [-0.1, -0.05) is 17.7 Å². The first-order chi connectivity index (χ1) is 15.9. The minimum Gasteiger partial charge on any atom is -0.427 e. The number of benzene rings is 3. The highest BCUT2D eigenvalue weighted by atomic mass is 35.5. The molecular formula is C26H23ClN2O4. The van der Waals surface area contributed by atoms with Crippen LogP contribution in [0, 0.1) is 0 Å². The Morgan fingerprint density at radius 1 is 0.939 bits per heavy atom. The number of halogens is 1. The monoisotopic (exact) mass is 462 g/mol. The van der Waals surface area contributed by atoms with E-state index in [0.29, 0.717) is 34.1 Å². The number of rotatable bonds is 4. The second-order valence-corrected chi connectivity index (χ2v) is 8.28. The molecule has 0 spiro atoms. The van der Waals surface area contributed by atoms with E-state index in [1.807, 2.05) is 12.1 Å². The number of nitrogens with one attached hydrogen (secondary N) is 1. The van der Waals surface area contributed by atoms with Gasteiger partial charge in [0.15, 0.2) is 0 Å². The van der Waals surface area contributed by atoms with Crippen molar-refractivity contribution >= 4 is 40.8 Å². The summed E-state index contributed by atoms with van der Waals surface area (Å²) in [6, 6.07) is 18.8. The van der Waals surface area contributed by atoms with Crippen molar-refractivity contribution in [2.24, 2.45) is 0 Å². The van der Waals surface area contributed by atoms with E-state index in [2.05, 4.69) is 5.32 Å². The molecule has 2 amide bonds. The van der Waals surface area contributed by atoms with Crippen LogP contribution in [-0.4, -0.2) is 24.3 Å². The molecule has 7 heteroatoms. The second-order valence-electron chi connectivity index (χ2n) is 7.84. The Labute approximate surface area is 197 Å². The molecule has 33 heavy (non-hydrogen) atoms. The van der Waals surface area contributed by atoms with E-state index >= 15 is 0 Å². The van der Waals surface area contributed by atoms with Gasteiger partial charge in [-0.2, -0.15) is 0 Å². The number of carbonyl (C=O) groups is 3. The molecule has 3 aromatic rings. The van der Waals surface area contributed by atoms with E-state index in [-0.39, 0.29) is 11.8 Å². The predicted molar refractivity (Wildman–Crippen MR) is 128 cm³/mol. The van der Waals surface area contributed by atoms with Crippen molar-refractivity contribution < 1.29 is 19.1 Å². The standard InChI is InChI=1S/C26H23ClN2O4/c1-17(30)33-23-7-4-6-20(16-23)25(31)28-22-11-8-18(9-12-22)26(32)29-14-3-2-5-19-15-21(27)10-13-24(19)29/h4,6-13,15-16H,2-3,5,14H2,1H3,(H,28,31). The molecule has 0 bridgehead atoms. The highest BCUT2D eigenvalue weighted by Gasteiger charge is 2.22. The molecule has 4 rings (SSSR count). The smallest absolute Gasteiger partial charge is 0.308 e. The van der Waals surface area contributed by atoms with E-state index < -0.39 is 5.97 Å². The van der Waals surface area contributed by atoms with Gasteiger partial charge < -0.3 is 15.0 Å². The summed E-state index contributed by atoms with van der Waals surface area (Å²) >= 11 is 6.15. The Balaban J connectivity index is 1.48. The van der Waals surface area contributed by atoms with Gasteiger partial charge in [-0.15, -0.1) is 0 Å². The molecule has 0 saturated carbocycles. The number of nitrogens with zero attached hydrogens (tertiary/aromatic N) is 1. The molecule has 1 N–H and O–H groups in total. The molecule has 0 aromatic heterocycles. The van der Waals surface area contributed by atoms with Crippen LogP contribution >= 0.6 is 11.6 Å². The van der Waals surface area contributed by atoms with Gasteiger partial charge in [0.05, 0.1) is 0 Å². The first-order valence-electron chi connectivity index (χ1n) is 10.7. The normalized spacial score (nSPS) is 13.0. The quantitative estimate of drug-likeness (QED) is 0.410. The van der Waals surface area contributed by atoms with Gasteiger partial charge >= 0.3 is 5.97 Å². The average Bonchev–Trinajstić information content (AvgIpc) is 3.01. The molecule has 0 fully saturated rings. The van der Waals surface area contributed by atoms with E-state index in [1.165, 1.54) is 13.0 Å². The number of hydrogen-bond donors (Lipinski definition) is 1. The van der Waals surface area contributed by atoms with Gasteiger partial charge in [0, 0.05) is 41.0 Å². The summed E-state index contributed by atoms with van der Waals surface area (Å²) in [5.41, 5.74) is 3.42. The van der Waals surface area contributed by atoms with Gasteiger partial charge in [-0.25, -0.2) is 0 Å². The number of aryl methyl sites for hydroxylation is 1. The van der Waals surface area contributed by atoms with Crippen molar-refractivity contribution in [1.82, 2.24) is 0 Å². The summed E-state index contributed by atoms with van der Waals surface area (Å²) < 4.78 is 5.03. The molecule has 168 valence electrons. The fourth-order valence-electron chi connectivity index (χ4n) is 3.86. The van der Waals surface area contributed by atoms with Crippen LogP contribution < -0.4 is 15.0 Å². The fourth-order valence-corrected chi connectivity index (χ4v) is 4.05. The zero-order valence-electron chi connectivity index (χ0n) is 18.1. The zero-order valence-corrected chi connectivity index (χ0v) is 18.9. The Morgan fingerprint density at radius 2 is 1.73 bits per heavy atom. The molecule has 6 nitrogen and oxygen atoms in total. The Bertz CT molecular complexity index is 1210. The third-order valence-electron chi connectivity index (χ3n) is 5.40. The van der Waals surface area contributed by atoms with Crippen molar-refractivity contribution in [3.8, 4) is 5.75 Å². The van der Waals surface area contributed by atoms with Crippen molar-refractivity contribution in [1.29, 1.82) is 0 Å². The van der Waals surface area contributed by atoms with Gasteiger partial charge in [0.25, 0.3) is 11.8 Å². The Kier molecular flexibility index (Phi) is 6.75. The maximum absolute atomic E-state index is 13.2. The number of esters is 1. The van der Waals surface area contributed by atoms with Crippen molar-refractivity contribution in [2.45, 2.75) is 26.2 Å². The molecule has 1 aliphatic heterocycles. The minimum atomic E-state index is -0.456. The van der Waals surface area contributed by atoms with Crippen molar-refractivity contribution in [2.75, 3.05) is 16.8 Å². The summed E-state index contributed by atoms with van der Waals surface area (Å²) in [5, 5.41) is 3.47. The van der Waals surface area contributed by atoms with Gasteiger partial charge in [-0.05, 0) is 85.5 Å². The molecule has 0 aliphatic carbocycles. The molecular weight excluding hydrogens is 440 g/mol. The minimum absolute atomic E-state index is 0.0903. The number of ether oxygens (including phenoxy) is 1. The van der Waals surface area contributed by atoms with E-state index in [1.54, 1.807) is 53.4 Å². The van der Waals surface area contributed by atoms with Crippen LogP contribution in [-0.2, 0) is 11.2 Å². The summed E-state index contributed by atoms with van der Waals surface area (Å²) in [7, 11) is 0. The number of fused-ring (bicyclic) bond motifs is 1. The third kappa shape index (κ3) is 5.41. The number of hydrogen-bond acceptors (Lipinski definition) is 4. The maximum Gasteiger partial charge on any atom is 0.308 e. The van der Waals surface area contributed by atoms with Crippen molar-refractivity contribution in [3.05, 3.63) is 88.4 Å². The second kappa shape index (κ2) is 9.88. The van der Waals surface area contributed by atoms with E-state index in [0.717, 1.165) is 30.5 Å². The Morgan fingerprint density at radius 3 is 2.48 bits per heavy atom. The number of amides is 2. The van der Waals surface area contributed by atoms with Crippen LogP contribution in [0.15, 0.2) is 66.7 Å². The van der Waals surface area contributed by atoms with Gasteiger partial charge in [0.1, 0.15) is 5.75 Å². The maximum atomic E-state index is 13.2. The lowest BCUT2D eigenvalue weighted by atomic mass is 10.1. The molecule has 3 aromatic carbocycles. The van der Waals surface area contributed by atoms with Crippen LogP contribution in [0.4, 0.5) is 11.4 Å². The predicted octanol–water partition coefficient (Wildman–Crippen LogP) is 5.50. The molecule has 0 radical (unpaired) electrons. The highest BCUT2D eigenvalue weighted by molar-refractivity contribution is 6.30. The van der Waals surface area contributed by atoms with Crippen LogP contribution in [0.3, 0.4) is 0 Å². The lowest BCUT2D eigenvalue weighted by Gasteiger charge is -2.23. The van der Waals surface area contributed by atoms with Crippen LogP contribution in [0.2, 0.25) is 5.02 Å². The summed E-state index contributed by atoms with van der Waals surface area (Å²) in [5.74, 6) is -0.591. The fraction of sp³-hybridized carbons (Fsp3) is 0.192. The summed E-state index contributed by atoms with van der Waals surface area (Å²) in [4.78, 5) is 38.8. The Hall–Kier alpha value is -3.64. The lowest BCUT2D eigenvalue weighted by Crippen LogP contribution is -2.31. The summed E-state index contributed by atoms with van der Waals surface area (Å²) in [6.45, 7) is 1.94. The van der Waals surface area contributed by atoms with E-state index in [4.69, 9.17) is 16.3 Å². The molecule has 0 unspecified atom stereocenters. The van der Waals surface area contributed by atoms with Crippen LogP contribution in [0.5, 0.6) is 5.75 Å². The third-order valence-corrected chi connectivity index (χ3v) is 5.64. The molecule has 0 atom stereocenters. The zero-order chi connectivity index (χ0) is 23.4. The largest absolute Gasteiger partial charge is 0.427 e. The number of anilines is 2. The van der Waals surface area contributed by atoms with Gasteiger partial charge in [-0.3, -0.25) is 14.4 Å². The first kappa shape index (κ1) is 22.6. The highest BCUT2D eigenvalue weighted by Crippen LogP contribution is 2.30. The SMILES string of the molecule is CC(=O)Oc1cccc(C(=O)Nc2ccc(C(=O)N3CCCCc4cc(Cl)ccc43)cc2)c1. The number of carbonyl (C=O) groups excluding carboxylic acids is 3. The summed E-state index contributed by atoms with van der Waals surface area (Å²) in [6.07, 6.45) is 2.81. The van der Waals surface area contributed by atoms with Crippen LogP contribution in [0.1, 0.15) is 46.0 Å². The molecule has 1 aliphatic rings. The molecule has 0 saturated heterocycles. The average molecular weight is 463 g/mol. The van der Waals surface area contributed by atoms with E-state index in [9.17, 15) is 14.4 Å². The van der Waals surface area contributed by atoms with Gasteiger partial charge in [0.2, 0.25) is 0 Å². The van der Waals surface area contributed by atoms with Crippen molar-refractivity contribution in [3.63, 3.8) is 0 Å². The lowest BCUT2D eigenvalue weighted by molar-refractivity contribution is -0.131. The van der Waals surface area contributed by atoms with Crippen LogP contribution in [0.25, 0.3) is 0 Å². The first-order valence-corrected chi connectivity index (χ1v) is 11.1. The topological polar surface area (TPSA) is 75.7 Å².